The average Bonchev–Trinajstić information content (AvgIpc) is 2.57. The van der Waals surface area contributed by atoms with Gasteiger partial charge >= 0.3 is 0 Å². The third-order valence-corrected chi connectivity index (χ3v) is 4.15. The monoisotopic (exact) mass is 327 g/mol. The number of nitrogens with one attached hydrogen (secondary N) is 1. The van der Waals surface area contributed by atoms with Crippen molar-refractivity contribution in [3.05, 3.63) is 45.1 Å². The van der Waals surface area contributed by atoms with Crippen molar-refractivity contribution >= 4 is 33.2 Å². The second-order valence-corrected chi connectivity index (χ2v) is 5.37. The normalized spacial score (nSPS) is 10.7. The van der Waals surface area contributed by atoms with Gasteiger partial charge in [0.2, 0.25) is 0 Å². The molecule has 2 aromatic rings. The lowest BCUT2D eigenvalue weighted by atomic mass is 10.3. The first-order valence-corrected chi connectivity index (χ1v) is 6.94. The molecular weight excluding hydrogens is 314 g/mol. The zero-order valence-corrected chi connectivity index (χ0v) is 12.7. The maximum atomic E-state index is 5.93. The second kappa shape index (κ2) is 5.76. The topological polar surface area (TPSA) is 29.9 Å². The number of aryl methyl sites for hydroxylation is 1. The molecule has 0 atom stereocenters. The predicted molar refractivity (Wildman–Crippen MR) is 79.3 cm³/mol. The van der Waals surface area contributed by atoms with Gasteiger partial charge in [-0.15, -0.1) is 0 Å². The van der Waals surface area contributed by atoms with Crippen molar-refractivity contribution in [1.29, 1.82) is 0 Å². The molecule has 0 radical (unpaired) electrons. The van der Waals surface area contributed by atoms with E-state index in [2.05, 4.69) is 33.3 Å². The van der Waals surface area contributed by atoms with Crippen LogP contribution in [0.15, 0.2) is 28.7 Å². The van der Waals surface area contributed by atoms with E-state index in [1.807, 2.05) is 35.9 Å². The van der Waals surface area contributed by atoms with Crippen LogP contribution in [-0.4, -0.2) is 16.3 Å². The molecule has 0 saturated heterocycles. The first kappa shape index (κ1) is 13.4. The highest BCUT2D eigenvalue weighted by atomic mass is 79.9. The Labute approximate surface area is 120 Å². The molecule has 1 heterocycles. The fraction of sp³-hybridized carbons (Fsp3) is 0.308. The van der Waals surface area contributed by atoms with Crippen LogP contribution in [0.25, 0.3) is 0 Å². The summed E-state index contributed by atoms with van der Waals surface area (Å²) in [7, 11) is 0. The van der Waals surface area contributed by atoms with Gasteiger partial charge in [-0.3, -0.25) is 4.68 Å². The van der Waals surface area contributed by atoms with Gasteiger partial charge < -0.3 is 5.32 Å². The first-order valence-electron chi connectivity index (χ1n) is 5.77. The summed E-state index contributed by atoms with van der Waals surface area (Å²) in [6.45, 7) is 5.70. The molecule has 1 aromatic carbocycles. The number of nitrogens with zero attached hydrogens (tertiary/aromatic N) is 2. The summed E-state index contributed by atoms with van der Waals surface area (Å²) < 4.78 is 3.09. The number of aromatic nitrogens is 2. The largest absolute Gasteiger partial charge is 0.383 e. The minimum absolute atomic E-state index is 0.744. The van der Waals surface area contributed by atoms with Crippen LogP contribution in [-0.2, 0) is 6.54 Å². The van der Waals surface area contributed by atoms with E-state index in [4.69, 9.17) is 11.6 Å². The molecule has 0 fully saturated rings. The molecule has 0 unspecified atom stereocenters. The number of hydrogen-bond donors (Lipinski definition) is 1. The number of halogens is 2. The minimum Gasteiger partial charge on any atom is -0.383 e. The molecule has 1 aromatic heterocycles. The van der Waals surface area contributed by atoms with Crippen LogP contribution in [0.2, 0.25) is 5.02 Å². The van der Waals surface area contributed by atoms with Crippen molar-refractivity contribution in [3.63, 3.8) is 0 Å². The summed E-state index contributed by atoms with van der Waals surface area (Å²) in [5, 5.41) is 8.54. The van der Waals surface area contributed by atoms with Crippen molar-refractivity contribution in [3.8, 4) is 0 Å². The van der Waals surface area contributed by atoms with Gasteiger partial charge in [0.15, 0.2) is 0 Å². The molecule has 5 heteroatoms. The van der Waals surface area contributed by atoms with Gasteiger partial charge in [0.05, 0.1) is 16.7 Å². The molecule has 0 aliphatic carbocycles. The molecule has 18 heavy (non-hydrogen) atoms. The van der Waals surface area contributed by atoms with E-state index < -0.39 is 0 Å². The first-order chi connectivity index (χ1) is 8.58. The smallest absolute Gasteiger partial charge is 0.0738 e. The molecule has 0 saturated carbocycles. The quantitative estimate of drug-likeness (QED) is 0.918. The van der Waals surface area contributed by atoms with Gasteiger partial charge in [-0.25, -0.2) is 0 Å². The molecule has 0 amide bonds. The van der Waals surface area contributed by atoms with Crippen molar-refractivity contribution in [2.75, 3.05) is 11.9 Å². The third-order valence-electron chi connectivity index (χ3n) is 2.77. The SMILES string of the molecule is Cc1nn(CCNc2cccc(Cl)c2)c(C)c1Br. The van der Waals surface area contributed by atoms with Crippen LogP contribution in [0.3, 0.4) is 0 Å². The van der Waals surface area contributed by atoms with Crippen LogP contribution in [0.1, 0.15) is 11.4 Å². The van der Waals surface area contributed by atoms with E-state index in [9.17, 15) is 0 Å². The number of rotatable bonds is 4. The standard InChI is InChI=1S/C13H15BrClN3/c1-9-13(14)10(2)18(17-9)7-6-16-12-5-3-4-11(15)8-12/h3-5,8,16H,6-7H2,1-2H3. The Balaban J connectivity index is 1.94. The fourth-order valence-corrected chi connectivity index (χ4v) is 2.27. The minimum atomic E-state index is 0.744. The summed E-state index contributed by atoms with van der Waals surface area (Å²) in [4.78, 5) is 0. The lowest BCUT2D eigenvalue weighted by Crippen LogP contribution is -2.12. The Hall–Kier alpha value is -1.000. The van der Waals surface area contributed by atoms with Crippen LogP contribution in [0.4, 0.5) is 5.69 Å². The Morgan fingerprint density at radius 2 is 2.17 bits per heavy atom. The number of benzene rings is 1. The molecule has 96 valence electrons. The van der Waals surface area contributed by atoms with E-state index >= 15 is 0 Å². The third kappa shape index (κ3) is 3.06. The Morgan fingerprint density at radius 3 is 2.78 bits per heavy atom. The highest BCUT2D eigenvalue weighted by molar-refractivity contribution is 9.10. The van der Waals surface area contributed by atoms with E-state index in [1.54, 1.807) is 0 Å². The van der Waals surface area contributed by atoms with Crippen molar-refractivity contribution in [1.82, 2.24) is 9.78 Å². The lowest BCUT2D eigenvalue weighted by molar-refractivity contribution is 0.615. The Morgan fingerprint density at radius 1 is 1.39 bits per heavy atom. The number of anilines is 1. The van der Waals surface area contributed by atoms with Crippen LogP contribution < -0.4 is 5.32 Å². The second-order valence-electron chi connectivity index (χ2n) is 4.15. The van der Waals surface area contributed by atoms with Gasteiger partial charge in [0, 0.05) is 22.9 Å². The van der Waals surface area contributed by atoms with Crippen LogP contribution in [0, 0.1) is 13.8 Å². The highest BCUT2D eigenvalue weighted by Gasteiger charge is 2.07. The Bertz CT molecular complexity index is 551. The molecular formula is C13H15BrClN3. The van der Waals surface area contributed by atoms with E-state index in [0.29, 0.717) is 0 Å². The summed E-state index contributed by atoms with van der Waals surface area (Å²) in [6, 6.07) is 7.72. The molecule has 0 aliphatic heterocycles. The molecule has 0 spiro atoms. The number of hydrogen-bond acceptors (Lipinski definition) is 2. The van der Waals surface area contributed by atoms with Gasteiger partial charge in [-0.1, -0.05) is 17.7 Å². The zero-order chi connectivity index (χ0) is 13.1. The lowest BCUT2D eigenvalue weighted by Gasteiger charge is -2.08. The maximum absolute atomic E-state index is 5.93. The van der Waals surface area contributed by atoms with Crippen LogP contribution in [0.5, 0.6) is 0 Å². The summed E-state index contributed by atoms with van der Waals surface area (Å²) in [5.41, 5.74) is 3.21. The van der Waals surface area contributed by atoms with Gasteiger partial charge in [0.1, 0.15) is 0 Å². The van der Waals surface area contributed by atoms with E-state index in [-0.39, 0.29) is 0 Å². The highest BCUT2D eigenvalue weighted by Crippen LogP contribution is 2.19. The molecule has 0 aliphatic rings. The van der Waals surface area contributed by atoms with Crippen molar-refractivity contribution in [2.24, 2.45) is 0 Å². The van der Waals surface area contributed by atoms with E-state index in [1.165, 1.54) is 0 Å². The Kier molecular flexibility index (Phi) is 4.30. The van der Waals surface area contributed by atoms with E-state index in [0.717, 1.165) is 39.7 Å². The summed E-state index contributed by atoms with van der Waals surface area (Å²) >= 11 is 9.45. The van der Waals surface area contributed by atoms with Crippen LogP contribution >= 0.6 is 27.5 Å². The molecule has 1 N–H and O–H groups in total. The fourth-order valence-electron chi connectivity index (χ4n) is 1.80. The summed E-state index contributed by atoms with van der Waals surface area (Å²) in [6.07, 6.45) is 0. The predicted octanol–water partition coefficient (Wildman–Crippen LogP) is 4.03. The molecule has 3 nitrogen and oxygen atoms in total. The van der Waals surface area contributed by atoms with Gasteiger partial charge in [-0.05, 0) is 48.0 Å². The van der Waals surface area contributed by atoms with Crippen molar-refractivity contribution in [2.45, 2.75) is 20.4 Å². The van der Waals surface area contributed by atoms with Gasteiger partial charge in [-0.2, -0.15) is 5.10 Å². The summed E-state index contributed by atoms with van der Waals surface area (Å²) in [5.74, 6) is 0. The molecule has 0 bridgehead atoms. The average molecular weight is 329 g/mol. The molecule has 2 rings (SSSR count). The zero-order valence-electron chi connectivity index (χ0n) is 10.4. The maximum Gasteiger partial charge on any atom is 0.0738 e. The van der Waals surface area contributed by atoms with Gasteiger partial charge in [0.25, 0.3) is 0 Å². The van der Waals surface area contributed by atoms with Crippen molar-refractivity contribution < 1.29 is 0 Å².